The second-order valence-electron chi connectivity index (χ2n) is 4.96. The third kappa shape index (κ3) is 4.55. The number of benzene rings is 2. The second-order valence-corrected chi connectivity index (χ2v) is 5.40. The summed E-state index contributed by atoms with van der Waals surface area (Å²) in [4.78, 5) is 16.5. The van der Waals surface area contributed by atoms with E-state index in [2.05, 4.69) is 5.16 Å². The quantitative estimate of drug-likeness (QED) is 0.630. The van der Waals surface area contributed by atoms with Gasteiger partial charge in [-0.25, -0.2) is 0 Å². The number of carbonyl (C=O) groups excluding carboxylic acids is 1. The van der Waals surface area contributed by atoms with Crippen molar-refractivity contribution in [1.29, 1.82) is 0 Å². The van der Waals surface area contributed by atoms with E-state index in [9.17, 15) is 9.90 Å². The maximum Gasteiger partial charge on any atom is 0.250 e. The average molecular weight is 333 g/mol. The molecule has 0 aliphatic carbocycles. The fourth-order valence-electron chi connectivity index (χ4n) is 2.03. The molecule has 3 N–H and O–H groups in total. The van der Waals surface area contributed by atoms with Crippen LogP contribution in [0.4, 0.5) is 0 Å². The number of amides is 1. The lowest BCUT2D eigenvalue weighted by Crippen LogP contribution is -2.22. The minimum Gasteiger partial charge on any atom is -0.391 e. The molecule has 0 heterocycles. The molecule has 2 aromatic rings. The van der Waals surface area contributed by atoms with E-state index < -0.39 is 12.0 Å². The molecule has 1 amide bonds. The average Bonchev–Trinajstić information content (AvgIpc) is 2.55. The smallest absolute Gasteiger partial charge is 0.250 e. The molecule has 2 aromatic carbocycles. The third-order valence-electron chi connectivity index (χ3n) is 3.30. The molecule has 0 spiro atoms. The molecule has 0 aliphatic rings. The fourth-order valence-corrected chi connectivity index (χ4v) is 2.15. The van der Waals surface area contributed by atoms with Gasteiger partial charge >= 0.3 is 0 Å². The Morgan fingerprint density at radius 2 is 1.91 bits per heavy atom. The number of carbonyl (C=O) groups is 1. The largest absolute Gasteiger partial charge is 0.391 e. The minimum absolute atomic E-state index is 0.117. The first kappa shape index (κ1) is 17.0. The summed E-state index contributed by atoms with van der Waals surface area (Å²) in [6.07, 6.45) is -1.36. The van der Waals surface area contributed by atoms with Crippen LogP contribution in [0.1, 0.15) is 29.7 Å². The van der Waals surface area contributed by atoms with Crippen LogP contribution in [0.5, 0.6) is 0 Å². The zero-order valence-electron chi connectivity index (χ0n) is 12.6. The summed E-state index contributed by atoms with van der Waals surface area (Å²) in [5.74, 6) is -0.807. The molecule has 0 fully saturated rings. The lowest BCUT2D eigenvalue weighted by Gasteiger charge is -2.12. The van der Waals surface area contributed by atoms with Crippen molar-refractivity contribution < 1.29 is 14.7 Å². The summed E-state index contributed by atoms with van der Waals surface area (Å²) in [5.41, 5.74) is 7.77. The van der Waals surface area contributed by atoms with Gasteiger partial charge in [-0.15, -0.1) is 0 Å². The maximum atomic E-state index is 11.1. The maximum absolute atomic E-state index is 11.1. The van der Waals surface area contributed by atoms with E-state index in [1.54, 1.807) is 36.4 Å². The standard InChI is InChI=1S/C17H17ClN2O3/c1-11(12-6-8-14(18)9-7-12)20-23-10-13-4-2-3-5-15(13)16(21)17(19)22/h2-9,16,21H,10H2,1H3,(H2,19,22). The molecule has 1 atom stereocenters. The Hall–Kier alpha value is -2.37. The van der Waals surface area contributed by atoms with Crippen molar-refractivity contribution in [3.05, 3.63) is 70.2 Å². The topological polar surface area (TPSA) is 84.9 Å². The number of hydrogen-bond donors (Lipinski definition) is 2. The van der Waals surface area contributed by atoms with E-state index >= 15 is 0 Å². The number of aliphatic hydroxyl groups is 1. The van der Waals surface area contributed by atoms with Crippen LogP contribution in [0.3, 0.4) is 0 Å². The van der Waals surface area contributed by atoms with Crippen LogP contribution in [0.15, 0.2) is 53.7 Å². The van der Waals surface area contributed by atoms with Crippen LogP contribution in [-0.2, 0) is 16.2 Å². The minimum atomic E-state index is -1.36. The molecule has 0 saturated carbocycles. The van der Waals surface area contributed by atoms with E-state index in [0.717, 1.165) is 5.56 Å². The van der Waals surface area contributed by atoms with Crippen LogP contribution >= 0.6 is 11.6 Å². The van der Waals surface area contributed by atoms with E-state index in [4.69, 9.17) is 22.2 Å². The first-order valence-electron chi connectivity index (χ1n) is 6.96. The van der Waals surface area contributed by atoms with Crippen molar-refractivity contribution in [3.8, 4) is 0 Å². The van der Waals surface area contributed by atoms with Gasteiger partial charge in [0.1, 0.15) is 6.61 Å². The normalized spacial score (nSPS) is 12.7. The monoisotopic (exact) mass is 332 g/mol. The number of nitrogens with zero attached hydrogens (tertiary/aromatic N) is 1. The molecule has 0 saturated heterocycles. The highest BCUT2D eigenvalue weighted by molar-refractivity contribution is 6.30. The lowest BCUT2D eigenvalue weighted by molar-refractivity contribution is -0.126. The van der Waals surface area contributed by atoms with E-state index in [0.29, 0.717) is 21.9 Å². The Balaban J connectivity index is 2.08. The molecule has 2 rings (SSSR count). The Labute approximate surface area is 139 Å². The van der Waals surface area contributed by atoms with Crippen molar-refractivity contribution in [2.45, 2.75) is 19.6 Å². The van der Waals surface area contributed by atoms with E-state index in [-0.39, 0.29) is 6.61 Å². The van der Waals surface area contributed by atoms with Gasteiger partial charge in [-0.3, -0.25) is 4.79 Å². The van der Waals surface area contributed by atoms with Gasteiger partial charge in [0, 0.05) is 5.02 Å². The predicted octanol–water partition coefficient (Wildman–Crippen LogP) is 2.80. The number of rotatable bonds is 6. The van der Waals surface area contributed by atoms with Crippen LogP contribution in [0.2, 0.25) is 5.02 Å². The van der Waals surface area contributed by atoms with Crippen LogP contribution < -0.4 is 5.73 Å². The second kappa shape index (κ2) is 7.76. The van der Waals surface area contributed by atoms with Crippen LogP contribution in [0, 0.1) is 0 Å². The van der Waals surface area contributed by atoms with Crippen molar-refractivity contribution in [2.24, 2.45) is 10.9 Å². The lowest BCUT2D eigenvalue weighted by atomic mass is 10.0. The molecule has 5 nitrogen and oxygen atoms in total. The highest BCUT2D eigenvalue weighted by Crippen LogP contribution is 2.19. The highest BCUT2D eigenvalue weighted by Gasteiger charge is 2.17. The molecular weight excluding hydrogens is 316 g/mol. The molecule has 0 aromatic heterocycles. The number of primary amides is 1. The van der Waals surface area contributed by atoms with Gasteiger partial charge in [-0.05, 0) is 35.7 Å². The van der Waals surface area contributed by atoms with Gasteiger partial charge in [0.2, 0.25) is 0 Å². The molecule has 0 radical (unpaired) electrons. The number of nitrogens with two attached hydrogens (primary N) is 1. The summed E-state index contributed by atoms with van der Waals surface area (Å²) >= 11 is 5.84. The zero-order valence-corrected chi connectivity index (χ0v) is 13.3. The molecule has 6 heteroatoms. The Morgan fingerprint density at radius 1 is 1.26 bits per heavy atom. The van der Waals surface area contributed by atoms with Crippen molar-refractivity contribution in [1.82, 2.24) is 0 Å². The summed E-state index contributed by atoms with van der Waals surface area (Å²) in [6.45, 7) is 1.93. The molecular formula is C17H17ClN2O3. The molecule has 120 valence electrons. The first-order chi connectivity index (χ1) is 11.0. The van der Waals surface area contributed by atoms with Crippen LogP contribution in [0.25, 0.3) is 0 Å². The Bertz CT molecular complexity index is 714. The fraction of sp³-hybridized carbons (Fsp3) is 0.176. The summed E-state index contributed by atoms with van der Waals surface area (Å²) < 4.78 is 0. The third-order valence-corrected chi connectivity index (χ3v) is 3.55. The van der Waals surface area contributed by atoms with E-state index in [1.807, 2.05) is 19.1 Å². The SMILES string of the molecule is CC(=NOCc1ccccc1C(O)C(N)=O)c1ccc(Cl)cc1. The Morgan fingerprint density at radius 3 is 2.57 bits per heavy atom. The Kier molecular flexibility index (Phi) is 5.73. The van der Waals surface area contributed by atoms with Crippen LogP contribution in [-0.4, -0.2) is 16.7 Å². The highest BCUT2D eigenvalue weighted by atomic mass is 35.5. The van der Waals surface area contributed by atoms with Gasteiger partial charge in [0.25, 0.3) is 5.91 Å². The van der Waals surface area contributed by atoms with Crippen molar-refractivity contribution in [2.75, 3.05) is 0 Å². The van der Waals surface area contributed by atoms with Crippen molar-refractivity contribution >= 4 is 23.2 Å². The number of hydrogen-bond acceptors (Lipinski definition) is 4. The predicted molar refractivity (Wildman–Crippen MR) is 89.0 cm³/mol. The molecule has 0 aliphatic heterocycles. The van der Waals surface area contributed by atoms with Gasteiger partial charge in [-0.2, -0.15) is 0 Å². The summed E-state index contributed by atoms with van der Waals surface area (Å²) in [6, 6.07) is 14.1. The van der Waals surface area contributed by atoms with Gasteiger partial charge in [-0.1, -0.05) is 53.2 Å². The number of halogens is 1. The van der Waals surface area contributed by atoms with Gasteiger partial charge < -0.3 is 15.7 Å². The molecule has 1 unspecified atom stereocenters. The summed E-state index contributed by atoms with van der Waals surface area (Å²) in [7, 11) is 0. The number of aliphatic hydroxyl groups excluding tert-OH is 1. The molecule has 23 heavy (non-hydrogen) atoms. The van der Waals surface area contributed by atoms with E-state index in [1.165, 1.54) is 0 Å². The summed E-state index contributed by atoms with van der Waals surface area (Å²) in [5, 5.41) is 14.5. The van der Waals surface area contributed by atoms with Gasteiger partial charge in [0.15, 0.2) is 6.10 Å². The van der Waals surface area contributed by atoms with Crippen molar-refractivity contribution in [3.63, 3.8) is 0 Å². The number of oxime groups is 1. The first-order valence-corrected chi connectivity index (χ1v) is 7.34. The van der Waals surface area contributed by atoms with Gasteiger partial charge in [0.05, 0.1) is 5.71 Å². The molecule has 0 bridgehead atoms. The zero-order chi connectivity index (χ0) is 16.8.